The van der Waals surface area contributed by atoms with Crippen LogP contribution in [0.15, 0.2) is 30.6 Å². The molecule has 0 radical (unpaired) electrons. The Bertz CT molecular complexity index is 829. The maximum absolute atomic E-state index is 12.3. The molecule has 2 aromatic rings. The van der Waals surface area contributed by atoms with Crippen molar-refractivity contribution in [3.63, 3.8) is 0 Å². The number of piperidine rings is 1. The van der Waals surface area contributed by atoms with E-state index in [1.807, 2.05) is 25.4 Å². The SMILES string of the molecule is CNC1CCN(c2cccc3c(N4C(=O)CCNC4=O)cncc23)CC1. The summed E-state index contributed by atoms with van der Waals surface area (Å²) in [5.74, 6) is -0.191. The summed E-state index contributed by atoms with van der Waals surface area (Å²) in [6, 6.07) is 6.20. The number of amides is 3. The number of anilines is 2. The number of benzene rings is 1. The fourth-order valence-corrected chi connectivity index (χ4v) is 3.85. The Labute approximate surface area is 152 Å². The van der Waals surface area contributed by atoms with Crippen LogP contribution in [-0.2, 0) is 4.79 Å². The number of pyridine rings is 1. The van der Waals surface area contributed by atoms with Crippen molar-refractivity contribution in [3.05, 3.63) is 30.6 Å². The lowest BCUT2D eigenvalue weighted by molar-refractivity contribution is -0.118. The van der Waals surface area contributed by atoms with Crippen LogP contribution in [0.3, 0.4) is 0 Å². The monoisotopic (exact) mass is 353 g/mol. The number of hydrogen-bond donors (Lipinski definition) is 2. The van der Waals surface area contributed by atoms with Crippen LogP contribution in [0.4, 0.5) is 16.2 Å². The first-order valence-electron chi connectivity index (χ1n) is 9.09. The first-order valence-corrected chi connectivity index (χ1v) is 9.09. The van der Waals surface area contributed by atoms with Crippen molar-refractivity contribution in [2.24, 2.45) is 0 Å². The van der Waals surface area contributed by atoms with E-state index in [0.29, 0.717) is 24.7 Å². The van der Waals surface area contributed by atoms with E-state index in [-0.39, 0.29) is 11.9 Å². The molecule has 1 aromatic carbocycles. The Kier molecular flexibility index (Phi) is 4.46. The van der Waals surface area contributed by atoms with Crippen LogP contribution in [0.1, 0.15) is 19.3 Å². The topological polar surface area (TPSA) is 77.6 Å². The lowest BCUT2D eigenvalue weighted by Crippen LogP contribution is -2.50. The van der Waals surface area contributed by atoms with Crippen LogP contribution in [0.2, 0.25) is 0 Å². The van der Waals surface area contributed by atoms with Gasteiger partial charge in [-0.05, 0) is 26.0 Å². The second kappa shape index (κ2) is 6.92. The predicted octanol–water partition coefficient (Wildman–Crippen LogP) is 1.87. The molecule has 0 aliphatic carbocycles. The van der Waals surface area contributed by atoms with Gasteiger partial charge < -0.3 is 15.5 Å². The molecular weight excluding hydrogens is 330 g/mol. The number of carbonyl (C=O) groups is 2. The molecule has 7 nitrogen and oxygen atoms in total. The second-order valence-electron chi connectivity index (χ2n) is 6.79. The van der Waals surface area contributed by atoms with Gasteiger partial charge in [0.2, 0.25) is 5.91 Å². The van der Waals surface area contributed by atoms with Gasteiger partial charge in [-0.1, -0.05) is 12.1 Å². The standard InChI is InChI=1S/C19H23N5O2/c1-20-13-6-9-23(10-7-13)16-4-2-3-14-15(16)11-21-12-17(14)24-18(25)5-8-22-19(24)26/h2-4,11-13,20H,5-10H2,1H3,(H,22,26). The molecule has 2 aliphatic rings. The summed E-state index contributed by atoms with van der Waals surface area (Å²) in [5, 5.41) is 7.93. The zero-order valence-electron chi connectivity index (χ0n) is 14.9. The lowest BCUT2D eigenvalue weighted by Gasteiger charge is -2.34. The van der Waals surface area contributed by atoms with Gasteiger partial charge in [-0.15, -0.1) is 0 Å². The molecule has 2 aliphatic heterocycles. The van der Waals surface area contributed by atoms with E-state index in [1.165, 1.54) is 4.90 Å². The average Bonchev–Trinajstić information content (AvgIpc) is 2.68. The highest BCUT2D eigenvalue weighted by molar-refractivity contribution is 6.20. The van der Waals surface area contributed by atoms with E-state index in [2.05, 4.69) is 26.6 Å². The molecule has 3 heterocycles. The summed E-state index contributed by atoms with van der Waals surface area (Å²) in [4.78, 5) is 32.5. The number of carbonyl (C=O) groups excluding carboxylic acids is 2. The number of fused-ring (bicyclic) bond motifs is 1. The third-order valence-electron chi connectivity index (χ3n) is 5.31. The molecule has 3 amide bonds. The zero-order chi connectivity index (χ0) is 18.1. The number of aromatic nitrogens is 1. The quantitative estimate of drug-likeness (QED) is 0.881. The van der Waals surface area contributed by atoms with Crippen molar-refractivity contribution in [1.29, 1.82) is 0 Å². The summed E-state index contributed by atoms with van der Waals surface area (Å²) in [6.45, 7) is 2.33. The largest absolute Gasteiger partial charge is 0.371 e. The Balaban J connectivity index is 1.74. The molecule has 0 saturated carbocycles. The normalized spacial score (nSPS) is 19.1. The van der Waals surface area contributed by atoms with Gasteiger partial charge >= 0.3 is 6.03 Å². The molecule has 0 spiro atoms. The molecule has 136 valence electrons. The number of urea groups is 1. The molecule has 0 atom stereocenters. The summed E-state index contributed by atoms with van der Waals surface area (Å²) < 4.78 is 0. The summed E-state index contributed by atoms with van der Waals surface area (Å²) in [5.41, 5.74) is 1.66. The van der Waals surface area contributed by atoms with Gasteiger partial charge in [0.25, 0.3) is 0 Å². The highest BCUT2D eigenvalue weighted by atomic mass is 16.2. The lowest BCUT2D eigenvalue weighted by atomic mass is 10.0. The molecule has 1 aromatic heterocycles. The van der Waals surface area contributed by atoms with Gasteiger partial charge in [-0.3, -0.25) is 9.78 Å². The molecule has 2 N–H and O–H groups in total. The van der Waals surface area contributed by atoms with Crippen LogP contribution >= 0.6 is 0 Å². The second-order valence-corrected chi connectivity index (χ2v) is 6.79. The summed E-state index contributed by atoms with van der Waals surface area (Å²) in [6.07, 6.45) is 5.91. The minimum atomic E-state index is -0.379. The van der Waals surface area contributed by atoms with Crippen LogP contribution < -0.4 is 20.4 Å². The van der Waals surface area contributed by atoms with Gasteiger partial charge in [0.1, 0.15) is 0 Å². The van der Waals surface area contributed by atoms with Crippen LogP contribution in [0.25, 0.3) is 10.8 Å². The van der Waals surface area contributed by atoms with Gasteiger partial charge in [0.15, 0.2) is 0 Å². The third kappa shape index (κ3) is 2.88. The Morgan fingerprint density at radius 1 is 1.12 bits per heavy atom. The molecule has 0 bridgehead atoms. The minimum absolute atomic E-state index is 0.191. The van der Waals surface area contributed by atoms with Crippen molar-refractivity contribution in [3.8, 4) is 0 Å². The Hall–Kier alpha value is -2.67. The Morgan fingerprint density at radius 3 is 2.65 bits per heavy atom. The Morgan fingerprint density at radius 2 is 1.92 bits per heavy atom. The zero-order valence-corrected chi connectivity index (χ0v) is 14.9. The van der Waals surface area contributed by atoms with Crippen molar-refractivity contribution < 1.29 is 9.59 Å². The highest BCUT2D eigenvalue weighted by Gasteiger charge is 2.29. The van der Waals surface area contributed by atoms with Gasteiger partial charge in [0, 0.05) is 54.8 Å². The van der Waals surface area contributed by atoms with E-state index < -0.39 is 0 Å². The fraction of sp³-hybridized carbons (Fsp3) is 0.421. The molecule has 4 rings (SSSR count). The third-order valence-corrected chi connectivity index (χ3v) is 5.31. The van der Waals surface area contributed by atoms with Gasteiger partial charge in [0.05, 0.1) is 11.9 Å². The number of rotatable bonds is 3. The molecule has 2 saturated heterocycles. The van der Waals surface area contributed by atoms with Crippen LogP contribution in [0, 0.1) is 0 Å². The van der Waals surface area contributed by atoms with Crippen LogP contribution in [-0.4, -0.2) is 49.6 Å². The molecule has 2 fully saturated rings. The molecular formula is C19H23N5O2. The van der Waals surface area contributed by atoms with Crippen molar-refractivity contribution in [2.75, 3.05) is 36.5 Å². The van der Waals surface area contributed by atoms with Crippen molar-refractivity contribution >= 4 is 34.1 Å². The predicted molar refractivity (Wildman–Crippen MR) is 102 cm³/mol. The number of imide groups is 1. The molecule has 7 heteroatoms. The van der Waals surface area contributed by atoms with Crippen molar-refractivity contribution in [2.45, 2.75) is 25.3 Å². The summed E-state index contributed by atoms with van der Waals surface area (Å²) >= 11 is 0. The van der Waals surface area contributed by atoms with E-state index in [4.69, 9.17) is 0 Å². The minimum Gasteiger partial charge on any atom is -0.371 e. The van der Waals surface area contributed by atoms with Gasteiger partial charge in [-0.2, -0.15) is 0 Å². The summed E-state index contributed by atoms with van der Waals surface area (Å²) in [7, 11) is 2.01. The number of nitrogens with zero attached hydrogens (tertiary/aromatic N) is 3. The highest BCUT2D eigenvalue weighted by Crippen LogP contribution is 2.34. The van der Waals surface area contributed by atoms with Crippen molar-refractivity contribution in [1.82, 2.24) is 15.6 Å². The van der Waals surface area contributed by atoms with E-state index in [9.17, 15) is 9.59 Å². The van der Waals surface area contributed by atoms with E-state index in [1.54, 1.807) is 6.20 Å². The van der Waals surface area contributed by atoms with E-state index in [0.717, 1.165) is 42.4 Å². The number of nitrogens with one attached hydrogen (secondary N) is 2. The number of hydrogen-bond acceptors (Lipinski definition) is 5. The maximum Gasteiger partial charge on any atom is 0.328 e. The molecule has 0 unspecified atom stereocenters. The van der Waals surface area contributed by atoms with E-state index >= 15 is 0 Å². The van der Waals surface area contributed by atoms with Gasteiger partial charge in [-0.25, -0.2) is 9.69 Å². The smallest absolute Gasteiger partial charge is 0.328 e. The fourth-order valence-electron chi connectivity index (χ4n) is 3.85. The first kappa shape index (κ1) is 16.8. The van der Waals surface area contributed by atoms with Crippen LogP contribution in [0.5, 0.6) is 0 Å². The first-order chi connectivity index (χ1) is 12.7. The average molecular weight is 353 g/mol. The maximum atomic E-state index is 12.3. The molecule has 26 heavy (non-hydrogen) atoms.